The number of fused-ring (bicyclic) bond motifs is 1. The van der Waals surface area contributed by atoms with E-state index in [1.165, 1.54) is 4.90 Å². The number of aliphatic carboxylic acids is 2. The average Bonchev–Trinajstić information content (AvgIpc) is 2.86. The Labute approximate surface area is 226 Å². The third-order valence-corrected chi connectivity index (χ3v) is 7.32. The summed E-state index contributed by atoms with van der Waals surface area (Å²) in [7, 11) is 1.61. The maximum absolute atomic E-state index is 13.0. The molecule has 8 heteroatoms. The van der Waals surface area contributed by atoms with Gasteiger partial charge in [-0.3, -0.25) is 14.4 Å². The van der Waals surface area contributed by atoms with Gasteiger partial charge in [-0.25, -0.2) is 0 Å². The van der Waals surface area contributed by atoms with Crippen LogP contribution in [0.2, 0.25) is 10.0 Å². The van der Waals surface area contributed by atoms with Gasteiger partial charge in [0.2, 0.25) is 5.91 Å². The summed E-state index contributed by atoms with van der Waals surface area (Å²) in [6, 6.07) is 19.3. The first kappa shape index (κ1) is 28.2. The van der Waals surface area contributed by atoms with Crippen molar-refractivity contribution in [2.24, 2.45) is 11.8 Å². The molecule has 1 amide bonds. The van der Waals surface area contributed by atoms with Crippen molar-refractivity contribution < 1.29 is 24.6 Å². The molecule has 0 spiro atoms. The van der Waals surface area contributed by atoms with Gasteiger partial charge in [0, 0.05) is 25.4 Å². The summed E-state index contributed by atoms with van der Waals surface area (Å²) in [6.45, 7) is 1.89. The van der Waals surface area contributed by atoms with E-state index in [1.54, 1.807) is 19.2 Å². The number of hydrogen-bond acceptors (Lipinski definition) is 3. The molecule has 0 unspecified atom stereocenters. The zero-order valence-electron chi connectivity index (χ0n) is 20.6. The first-order valence-electron chi connectivity index (χ1n) is 11.9. The number of carbonyl (C=O) groups excluding carboxylic acids is 1. The molecule has 6 nitrogen and oxygen atoms in total. The molecule has 0 radical (unpaired) electrons. The summed E-state index contributed by atoms with van der Waals surface area (Å²) in [5.41, 5.74) is 1.94. The quantitative estimate of drug-likeness (QED) is 0.291. The van der Waals surface area contributed by atoms with Crippen molar-refractivity contribution >= 4 is 57.9 Å². The molecule has 37 heavy (non-hydrogen) atoms. The van der Waals surface area contributed by atoms with Crippen LogP contribution in [0.1, 0.15) is 30.9 Å². The van der Waals surface area contributed by atoms with Gasteiger partial charge in [0.1, 0.15) is 0 Å². The maximum atomic E-state index is 13.0. The normalized spacial score (nSPS) is 13.8. The van der Waals surface area contributed by atoms with E-state index in [2.05, 4.69) is 12.1 Å². The molecule has 194 valence electrons. The standard InChI is InChI=1S/C29H29Cl2NO5/c1-18(32(2)27(33)16-24(29(36)37)17-28(34)35)22(14-20-9-12-25(30)26(31)15-20)11-8-19-7-10-21-5-3-4-6-23(21)13-19/h3-13,15,18,22,24H,14,16-17H2,1-2H3,(H,34,35)(H,36,37)/b11-8+/t18-,22+,24-/m0/s1. The third-order valence-electron chi connectivity index (χ3n) is 6.58. The molecular weight excluding hydrogens is 513 g/mol. The number of amides is 1. The van der Waals surface area contributed by atoms with E-state index in [0.29, 0.717) is 16.5 Å². The van der Waals surface area contributed by atoms with Crippen LogP contribution >= 0.6 is 23.2 Å². The molecule has 0 bridgehead atoms. The highest BCUT2D eigenvalue weighted by Gasteiger charge is 2.29. The van der Waals surface area contributed by atoms with Crippen molar-refractivity contribution in [3.8, 4) is 0 Å². The Hall–Kier alpha value is -3.35. The lowest BCUT2D eigenvalue weighted by molar-refractivity contribution is -0.151. The Bertz CT molecular complexity index is 1320. The lowest BCUT2D eigenvalue weighted by Gasteiger charge is -2.31. The lowest BCUT2D eigenvalue weighted by atomic mass is 9.90. The van der Waals surface area contributed by atoms with Gasteiger partial charge < -0.3 is 15.1 Å². The number of carboxylic acids is 2. The van der Waals surface area contributed by atoms with Crippen LogP contribution in [0, 0.1) is 11.8 Å². The molecule has 0 aliphatic rings. The van der Waals surface area contributed by atoms with Crippen molar-refractivity contribution in [3.63, 3.8) is 0 Å². The van der Waals surface area contributed by atoms with Crippen LogP contribution in [0.3, 0.4) is 0 Å². The SMILES string of the molecule is C[C@@H]([C@H](/C=C/c1ccc2ccccc2c1)Cc1ccc(Cl)c(Cl)c1)N(C)C(=O)C[C@@H](CC(=O)O)C(=O)O. The number of halogens is 2. The first-order chi connectivity index (χ1) is 17.5. The summed E-state index contributed by atoms with van der Waals surface area (Å²) >= 11 is 12.3. The smallest absolute Gasteiger partial charge is 0.307 e. The second kappa shape index (κ2) is 12.7. The fraction of sp³-hybridized carbons (Fsp3) is 0.276. The van der Waals surface area contributed by atoms with E-state index >= 15 is 0 Å². The molecule has 0 heterocycles. The second-order valence-corrected chi connectivity index (χ2v) is 9.98. The number of benzene rings is 3. The summed E-state index contributed by atoms with van der Waals surface area (Å²) in [5.74, 6) is -4.44. The predicted octanol–water partition coefficient (Wildman–Crippen LogP) is 6.43. The van der Waals surface area contributed by atoms with Gasteiger partial charge in [0.25, 0.3) is 0 Å². The molecule has 2 N–H and O–H groups in total. The van der Waals surface area contributed by atoms with Gasteiger partial charge in [0.05, 0.1) is 22.4 Å². The molecule has 3 aromatic carbocycles. The van der Waals surface area contributed by atoms with Crippen LogP contribution in [0.5, 0.6) is 0 Å². The Kier molecular flexibility index (Phi) is 9.73. The summed E-state index contributed by atoms with van der Waals surface area (Å²) in [5, 5.41) is 21.5. The van der Waals surface area contributed by atoms with Crippen molar-refractivity contribution in [1.82, 2.24) is 4.90 Å². The van der Waals surface area contributed by atoms with Crippen LogP contribution in [-0.4, -0.2) is 46.0 Å². The van der Waals surface area contributed by atoms with Crippen molar-refractivity contribution in [2.45, 2.75) is 32.2 Å². The zero-order valence-corrected chi connectivity index (χ0v) is 22.1. The molecular formula is C29H29Cl2NO5. The maximum Gasteiger partial charge on any atom is 0.307 e. The summed E-state index contributed by atoms with van der Waals surface area (Å²) in [4.78, 5) is 37.0. The molecule has 0 aliphatic carbocycles. The molecule has 0 aromatic heterocycles. The topological polar surface area (TPSA) is 94.9 Å². The van der Waals surface area contributed by atoms with Gasteiger partial charge in [-0.1, -0.05) is 77.8 Å². The number of hydrogen-bond donors (Lipinski definition) is 2. The van der Waals surface area contributed by atoms with E-state index in [-0.39, 0.29) is 12.0 Å². The predicted molar refractivity (Wildman–Crippen MR) is 147 cm³/mol. The number of nitrogens with zero attached hydrogens (tertiary/aromatic N) is 1. The average molecular weight is 542 g/mol. The number of rotatable bonds is 11. The fourth-order valence-electron chi connectivity index (χ4n) is 4.21. The van der Waals surface area contributed by atoms with Crippen LogP contribution < -0.4 is 0 Å². The Morgan fingerprint density at radius 2 is 1.62 bits per heavy atom. The van der Waals surface area contributed by atoms with E-state index in [9.17, 15) is 19.5 Å². The van der Waals surface area contributed by atoms with E-state index in [0.717, 1.165) is 21.9 Å². The molecule has 0 fully saturated rings. The molecule has 3 atom stereocenters. The van der Waals surface area contributed by atoms with Crippen molar-refractivity contribution in [2.75, 3.05) is 7.05 Å². The largest absolute Gasteiger partial charge is 0.481 e. The fourth-order valence-corrected chi connectivity index (χ4v) is 4.53. The number of carbonyl (C=O) groups is 3. The summed E-state index contributed by atoms with van der Waals surface area (Å²) < 4.78 is 0. The minimum Gasteiger partial charge on any atom is -0.481 e. The van der Waals surface area contributed by atoms with E-state index in [4.69, 9.17) is 28.3 Å². The highest BCUT2D eigenvalue weighted by molar-refractivity contribution is 6.42. The van der Waals surface area contributed by atoms with Crippen molar-refractivity contribution in [3.05, 3.63) is 87.9 Å². The highest BCUT2D eigenvalue weighted by Crippen LogP contribution is 2.27. The highest BCUT2D eigenvalue weighted by atomic mass is 35.5. The van der Waals surface area contributed by atoms with Crippen LogP contribution in [-0.2, 0) is 20.8 Å². The Balaban J connectivity index is 1.86. The molecule has 3 aromatic rings. The second-order valence-electron chi connectivity index (χ2n) is 9.16. The summed E-state index contributed by atoms with van der Waals surface area (Å²) in [6.07, 6.45) is 3.59. The monoisotopic (exact) mass is 541 g/mol. The Morgan fingerprint density at radius 1 is 0.919 bits per heavy atom. The third kappa shape index (κ3) is 7.81. The molecule has 3 rings (SSSR count). The molecule has 0 saturated heterocycles. The van der Waals surface area contributed by atoms with Gasteiger partial charge in [-0.2, -0.15) is 0 Å². The Morgan fingerprint density at radius 3 is 2.27 bits per heavy atom. The molecule has 0 aliphatic heterocycles. The van der Waals surface area contributed by atoms with Gasteiger partial charge >= 0.3 is 11.9 Å². The van der Waals surface area contributed by atoms with Crippen LogP contribution in [0.4, 0.5) is 0 Å². The van der Waals surface area contributed by atoms with Gasteiger partial charge in [-0.05, 0) is 53.4 Å². The van der Waals surface area contributed by atoms with E-state index in [1.807, 2.05) is 55.5 Å². The molecule has 0 saturated carbocycles. The van der Waals surface area contributed by atoms with Crippen LogP contribution in [0.15, 0.2) is 66.7 Å². The minimum absolute atomic E-state index is 0.152. The van der Waals surface area contributed by atoms with E-state index < -0.39 is 36.6 Å². The minimum atomic E-state index is -1.31. The van der Waals surface area contributed by atoms with Gasteiger partial charge in [0.15, 0.2) is 0 Å². The van der Waals surface area contributed by atoms with Crippen molar-refractivity contribution in [1.29, 1.82) is 0 Å². The number of carboxylic acid groups (broad SMARTS) is 2. The first-order valence-corrected chi connectivity index (χ1v) is 12.6. The van der Waals surface area contributed by atoms with Gasteiger partial charge in [-0.15, -0.1) is 0 Å². The lowest BCUT2D eigenvalue weighted by Crippen LogP contribution is -2.41. The van der Waals surface area contributed by atoms with Crippen LogP contribution in [0.25, 0.3) is 16.8 Å². The zero-order chi connectivity index (χ0) is 27.1.